The number of hydrogen-bond acceptors (Lipinski definition) is 2. The van der Waals surface area contributed by atoms with E-state index in [1.54, 1.807) is 17.5 Å². The second-order valence-electron chi connectivity index (χ2n) is 6.12. The summed E-state index contributed by atoms with van der Waals surface area (Å²) < 4.78 is 0. The summed E-state index contributed by atoms with van der Waals surface area (Å²) in [6.07, 6.45) is 11.7. The lowest BCUT2D eigenvalue weighted by atomic mass is 9.95. The van der Waals surface area contributed by atoms with Crippen LogP contribution in [0.5, 0.6) is 0 Å². The van der Waals surface area contributed by atoms with Crippen LogP contribution in [0.25, 0.3) is 11.6 Å². The topological polar surface area (TPSA) is 12.9 Å². The van der Waals surface area contributed by atoms with Gasteiger partial charge >= 0.3 is 0 Å². The highest BCUT2D eigenvalue weighted by atomic mass is 32.1. The molecule has 0 aromatic carbocycles. The first-order chi connectivity index (χ1) is 12.0. The molecule has 2 heterocycles. The molecule has 0 saturated heterocycles. The Morgan fingerprint density at radius 2 is 2.04 bits per heavy atom. The van der Waals surface area contributed by atoms with Gasteiger partial charge in [-0.2, -0.15) is 0 Å². The minimum Gasteiger partial charge on any atom is -0.264 e. The third-order valence-corrected chi connectivity index (χ3v) is 4.98. The van der Waals surface area contributed by atoms with Crippen LogP contribution < -0.4 is 0 Å². The lowest BCUT2D eigenvalue weighted by Gasteiger charge is -2.10. The number of aromatic nitrogens is 1. The van der Waals surface area contributed by atoms with Gasteiger partial charge in [0.1, 0.15) is 0 Å². The first kappa shape index (κ1) is 18.9. The van der Waals surface area contributed by atoms with Gasteiger partial charge in [0.05, 0.1) is 0 Å². The molecule has 0 N–H and O–H groups in total. The smallest absolute Gasteiger partial charge is 0.0299 e. The quantitative estimate of drug-likeness (QED) is 0.474. The molecule has 0 saturated carbocycles. The van der Waals surface area contributed by atoms with E-state index in [1.807, 2.05) is 25.3 Å². The number of hydrogen-bond donors (Lipinski definition) is 0. The average Bonchev–Trinajstić information content (AvgIpc) is 3.10. The van der Waals surface area contributed by atoms with Crippen molar-refractivity contribution >= 4 is 23.0 Å². The van der Waals surface area contributed by atoms with Crippen molar-refractivity contribution in [3.05, 3.63) is 101 Å². The molecule has 0 unspecified atom stereocenters. The molecule has 0 bridgehead atoms. The first-order valence-electron chi connectivity index (χ1n) is 8.34. The van der Waals surface area contributed by atoms with Gasteiger partial charge in [-0.25, -0.2) is 0 Å². The second kappa shape index (κ2) is 9.14. The molecule has 0 aliphatic rings. The van der Waals surface area contributed by atoms with Crippen molar-refractivity contribution < 1.29 is 0 Å². The fourth-order valence-electron chi connectivity index (χ4n) is 2.51. The van der Waals surface area contributed by atoms with Crippen molar-refractivity contribution in [1.29, 1.82) is 0 Å². The van der Waals surface area contributed by atoms with Gasteiger partial charge < -0.3 is 0 Å². The monoisotopic (exact) mass is 347 g/mol. The van der Waals surface area contributed by atoms with E-state index in [1.165, 1.54) is 21.6 Å². The van der Waals surface area contributed by atoms with Gasteiger partial charge in [-0.15, -0.1) is 11.3 Å². The average molecular weight is 348 g/mol. The van der Waals surface area contributed by atoms with Crippen molar-refractivity contribution in [1.82, 2.24) is 4.98 Å². The Morgan fingerprint density at radius 1 is 1.24 bits per heavy atom. The Kier molecular flexibility index (Phi) is 6.91. The normalized spacial score (nSPS) is 12.1. The lowest BCUT2D eigenvalue weighted by molar-refractivity contribution is 0.944. The summed E-state index contributed by atoms with van der Waals surface area (Å²) >= 11 is 1.71. The van der Waals surface area contributed by atoms with E-state index in [4.69, 9.17) is 0 Å². The molecule has 25 heavy (non-hydrogen) atoms. The van der Waals surface area contributed by atoms with Crippen LogP contribution >= 0.6 is 11.3 Å². The predicted octanol–water partition coefficient (Wildman–Crippen LogP) is 6.88. The van der Waals surface area contributed by atoms with Crippen molar-refractivity contribution in [2.24, 2.45) is 0 Å². The Hall–Kier alpha value is -2.45. The summed E-state index contributed by atoms with van der Waals surface area (Å²) in [6, 6.07) is 6.23. The standard InChI is InChI=1S/C23H25NS/c1-6-22-14-21(16-25-22)18(4)10-12-23(17(2)3)19(5)9-11-20-8-7-13-24-15-20/h6-8,10,12-16H,1-2,5,9,11H2,3-4H3/b18-10+,23-12+. The zero-order valence-corrected chi connectivity index (χ0v) is 15.9. The van der Waals surface area contributed by atoms with E-state index in [9.17, 15) is 0 Å². The molecule has 1 nitrogen and oxygen atoms in total. The van der Waals surface area contributed by atoms with Gasteiger partial charge in [0.15, 0.2) is 0 Å². The van der Waals surface area contributed by atoms with Gasteiger partial charge in [-0.05, 0) is 72.0 Å². The van der Waals surface area contributed by atoms with Crippen LogP contribution in [0.15, 0.2) is 84.6 Å². The highest BCUT2D eigenvalue weighted by molar-refractivity contribution is 7.11. The highest BCUT2D eigenvalue weighted by Gasteiger charge is 2.05. The molecule has 0 radical (unpaired) electrons. The lowest BCUT2D eigenvalue weighted by Crippen LogP contribution is -1.94. The molecule has 0 fully saturated rings. The minimum absolute atomic E-state index is 0.899. The molecule has 2 aromatic heterocycles. The maximum Gasteiger partial charge on any atom is 0.0299 e. The summed E-state index contributed by atoms with van der Waals surface area (Å²) in [5, 5.41) is 2.16. The zero-order chi connectivity index (χ0) is 18.2. The molecule has 0 spiro atoms. The fraction of sp³-hybridized carbons (Fsp3) is 0.174. The van der Waals surface area contributed by atoms with Gasteiger partial charge in [0.25, 0.3) is 0 Å². The van der Waals surface area contributed by atoms with Crippen LogP contribution in [-0.4, -0.2) is 4.98 Å². The molecule has 2 rings (SSSR count). The van der Waals surface area contributed by atoms with Crippen molar-refractivity contribution in [3.8, 4) is 0 Å². The molecule has 2 aromatic rings. The van der Waals surface area contributed by atoms with E-state index in [2.05, 4.69) is 61.3 Å². The van der Waals surface area contributed by atoms with E-state index < -0.39 is 0 Å². The summed E-state index contributed by atoms with van der Waals surface area (Å²) in [7, 11) is 0. The van der Waals surface area contributed by atoms with Crippen molar-refractivity contribution in [2.45, 2.75) is 26.7 Å². The first-order valence-corrected chi connectivity index (χ1v) is 9.22. The Balaban J connectivity index is 2.11. The van der Waals surface area contributed by atoms with Crippen LogP contribution in [0, 0.1) is 0 Å². The van der Waals surface area contributed by atoms with Crippen LogP contribution in [-0.2, 0) is 6.42 Å². The number of pyridine rings is 1. The van der Waals surface area contributed by atoms with Crippen LogP contribution in [0.4, 0.5) is 0 Å². The molecule has 0 amide bonds. The van der Waals surface area contributed by atoms with Crippen molar-refractivity contribution in [3.63, 3.8) is 0 Å². The van der Waals surface area contributed by atoms with Gasteiger partial charge in [0, 0.05) is 17.3 Å². The number of allylic oxidation sites excluding steroid dienone is 6. The summed E-state index contributed by atoms with van der Waals surface area (Å²) in [5.41, 5.74) is 6.96. The zero-order valence-electron chi connectivity index (χ0n) is 15.1. The van der Waals surface area contributed by atoms with Crippen LogP contribution in [0.3, 0.4) is 0 Å². The molecular weight excluding hydrogens is 322 g/mol. The maximum atomic E-state index is 4.27. The number of rotatable bonds is 8. The van der Waals surface area contributed by atoms with Crippen LogP contribution in [0.1, 0.15) is 36.3 Å². The number of aryl methyl sites for hydroxylation is 1. The van der Waals surface area contributed by atoms with Gasteiger partial charge in [-0.3, -0.25) is 4.98 Å². The third-order valence-electron chi connectivity index (χ3n) is 4.06. The molecule has 2 heteroatoms. The predicted molar refractivity (Wildman–Crippen MR) is 113 cm³/mol. The largest absolute Gasteiger partial charge is 0.264 e. The Morgan fingerprint density at radius 3 is 2.64 bits per heavy atom. The van der Waals surface area contributed by atoms with E-state index in [-0.39, 0.29) is 0 Å². The van der Waals surface area contributed by atoms with Gasteiger partial charge in [-0.1, -0.05) is 49.6 Å². The number of thiophene rings is 1. The third kappa shape index (κ3) is 5.54. The minimum atomic E-state index is 0.899. The van der Waals surface area contributed by atoms with Gasteiger partial charge in [0.2, 0.25) is 0 Å². The van der Waals surface area contributed by atoms with Crippen LogP contribution in [0.2, 0.25) is 0 Å². The summed E-state index contributed by atoms with van der Waals surface area (Å²) in [6.45, 7) is 16.4. The SMILES string of the molecule is C=Cc1cc(/C(C)=C/C=C(\C(=C)C)C(=C)CCc2cccnc2)cs1. The molecular formula is C23H25NS. The van der Waals surface area contributed by atoms with E-state index in [0.29, 0.717) is 0 Å². The Labute approximate surface area is 155 Å². The number of nitrogens with zero attached hydrogens (tertiary/aromatic N) is 1. The maximum absolute atomic E-state index is 4.27. The molecule has 0 aliphatic heterocycles. The Bertz CT molecular complexity index is 819. The fourth-order valence-corrected chi connectivity index (χ4v) is 3.32. The highest BCUT2D eigenvalue weighted by Crippen LogP contribution is 2.25. The van der Waals surface area contributed by atoms with E-state index in [0.717, 1.165) is 29.6 Å². The molecule has 128 valence electrons. The second-order valence-corrected chi connectivity index (χ2v) is 7.06. The van der Waals surface area contributed by atoms with Crippen molar-refractivity contribution in [2.75, 3.05) is 0 Å². The molecule has 0 aliphatic carbocycles. The summed E-state index contributed by atoms with van der Waals surface area (Å²) in [5.74, 6) is 0. The molecule has 0 atom stereocenters. The summed E-state index contributed by atoms with van der Waals surface area (Å²) in [4.78, 5) is 5.36. The van der Waals surface area contributed by atoms with E-state index >= 15 is 0 Å².